The molecule has 1 rings (SSSR count). The topological polar surface area (TPSA) is 12.0 Å². The zero-order chi connectivity index (χ0) is 13.6. The van der Waals surface area contributed by atoms with E-state index in [0.29, 0.717) is 0 Å². The molecule has 1 aromatic rings. The zero-order valence-corrected chi connectivity index (χ0v) is 13.2. The van der Waals surface area contributed by atoms with Crippen molar-refractivity contribution in [1.29, 1.82) is 0 Å². The molecule has 0 atom stereocenters. The predicted octanol–water partition coefficient (Wildman–Crippen LogP) is 4.32. The SMILES string of the molecule is CC(C)CNCCSc1ccc(C(C)(C)C)cc1. The third kappa shape index (κ3) is 5.92. The second kappa shape index (κ2) is 7.20. The predicted molar refractivity (Wildman–Crippen MR) is 83.6 cm³/mol. The molecular weight excluding hydrogens is 238 g/mol. The van der Waals surface area contributed by atoms with Crippen LogP contribution in [0.2, 0.25) is 0 Å². The minimum absolute atomic E-state index is 0.252. The summed E-state index contributed by atoms with van der Waals surface area (Å²) in [5.74, 6) is 1.88. The quantitative estimate of drug-likeness (QED) is 0.607. The highest BCUT2D eigenvalue weighted by Crippen LogP contribution is 2.25. The van der Waals surface area contributed by atoms with Gasteiger partial charge in [0.1, 0.15) is 0 Å². The average Bonchev–Trinajstić information content (AvgIpc) is 2.27. The largest absolute Gasteiger partial charge is 0.316 e. The fraction of sp³-hybridized carbons (Fsp3) is 0.625. The van der Waals surface area contributed by atoms with Crippen molar-refractivity contribution in [3.63, 3.8) is 0 Å². The summed E-state index contributed by atoms with van der Waals surface area (Å²) in [6, 6.07) is 9.00. The molecule has 0 aromatic heterocycles. The Balaban J connectivity index is 2.31. The lowest BCUT2D eigenvalue weighted by molar-refractivity contribution is 0.568. The maximum Gasteiger partial charge on any atom is 0.0106 e. The summed E-state index contributed by atoms with van der Waals surface area (Å²) in [5, 5.41) is 3.47. The second-order valence-corrected chi connectivity index (χ2v) is 7.39. The van der Waals surface area contributed by atoms with Crippen LogP contribution < -0.4 is 5.32 Å². The van der Waals surface area contributed by atoms with E-state index < -0.39 is 0 Å². The van der Waals surface area contributed by atoms with Crippen LogP contribution in [0.5, 0.6) is 0 Å². The van der Waals surface area contributed by atoms with Crippen molar-refractivity contribution in [3.05, 3.63) is 29.8 Å². The van der Waals surface area contributed by atoms with Gasteiger partial charge in [0, 0.05) is 17.2 Å². The average molecular weight is 265 g/mol. The summed E-state index contributed by atoms with van der Waals surface area (Å²) in [6.45, 7) is 13.4. The van der Waals surface area contributed by atoms with Crippen molar-refractivity contribution in [2.45, 2.75) is 44.9 Å². The van der Waals surface area contributed by atoms with Gasteiger partial charge in [-0.25, -0.2) is 0 Å². The Kier molecular flexibility index (Phi) is 6.24. The fourth-order valence-electron chi connectivity index (χ4n) is 1.68. The second-order valence-electron chi connectivity index (χ2n) is 6.22. The van der Waals surface area contributed by atoms with E-state index in [1.807, 2.05) is 11.8 Å². The maximum atomic E-state index is 3.47. The van der Waals surface area contributed by atoms with Crippen molar-refractivity contribution in [2.75, 3.05) is 18.8 Å². The molecule has 0 aliphatic rings. The van der Waals surface area contributed by atoms with Gasteiger partial charge in [-0.15, -0.1) is 11.8 Å². The lowest BCUT2D eigenvalue weighted by atomic mass is 9.87. The summed E-state index contributed by atoms with van der Waals surface area (Å²) < 4.78 is 0. The highest BCUT2D eigenvalue weighted by Gasteiger charge is 2.12. The summed E-state index contributed by atoms with van der Waals surface area (Å²) in [5.41, 5.74) is 1.66. The third-order valence-electron chi connectivity index (χ3n) is 2.82. The van der Waals surface area contributed by atoms with E-state index in [-0.39, 0.29) is 5.41 Å². The Labute approximate surface area is 117 Å². The van der Waals surface area contributed by atoms with Crippen LogP contribution in [0.3, 0.4) is 0 Å². The fourth-order valence-corrected chi connectivity index (χ4v) is 2.49. The normalized spacial score (nSPS) is 12.1. The van der Waals surface area contributed by atoms with Crippen molar-refractivity contribution >= 4 is 11.8 Å². The first-order valence-electron chi connectivity index (χ1n) is 6.83. The van der Waals surface area contributed by atoms with Gasteiger partial charge in [-0.2, -0.15) is 0 Å². The third-order valence-corrected chi connectivity index (χ3v) is 3.83. The van der Waals surface area contributed by atoms with Crippen LogP contribution in [0.15, 0.2) is 29.2 Å². The number of nitrogens with one attached hydrogen (secondary N) is 1. The smallest absolute Gasteiger partial charge is 0.0106 e. The zero-order valence-electron chi connectivity index (χ0n) is 12.4. The van der Waals surface area contributed by atoms with Gasteiger partial charge in [0.05, 0.1) is 0 Å². The van der Waals surface area contributed by atoms with Crippen LogP contribution >= 0.6 is 11.8 Å². The van der Waals surface area contributed by atoms with Crippen LogP contribution in [-0.2, 0) is 5.41 Å². The van der Waals surface area contributed by atoms with Gasteiger partial charge >= 0.3 is 0 Å². The van der Waals surface area contributed by atoms with Gasteiger partial charge in [-0.05, 0) is 35.6 Å². The van der Waals surface area contributed by atoms with Gasteiger partial charge < -0.3 is 5.32 Å². The summed E-state index contributed by atoms with van der Waals surface area (Å²) in [4.78, 5) is 1.37. The highest BCUT2D eigenvalue weighted by atomic mass is 32.2. The first-order valence-corrected chi connectivity index (χ1v) is 7.82. The Bertz CT molecular complexity index is 335. The van der Waals surface area contributed by atoms with Gasteiger partial charge in [-0.3, -0.25) is 0 Å². The summed E-state index contributed by atoms with van der Waals surface area (Å²) in [7, 11) is 0. The van der Waals surface area contributed by atoms with Crippen LogP contribution in [-0.4, -0.2) is 18.8 Å². The summed E-state index contributed by atoms with van der Waals surface area (Å²) >= 11 is 1.93. The Hall–Kier alpha value is -0.470. The molecule has 18 heavy (non-hydrogen) atoms. The van der Waals surface area contributed by atoms with E-state index in [1.165, 1.54) is 10.5 Å². The lowest BCUT2D eigenvalue weighted by Crippen LogP contribution is -2.22. The molecule has 0 aliphatic carbocycles. The highest BCUT2D eigenvalue weighted by molar-refractivity contribution is 7.99. The molecule has 0 amide bonds. The molecule has 0 heterocycles. The molecule has 0 bridgehead atoms. The molecule has 0 unspecified atom stereocenters. The molecule has 0 spiro atoms. The molecule has 1 nitrogen and oxygen atoms in total. The van der Waals surface area contributed by atoms with Crippen molar-refractivity contribution in [3.8, 4) is 0 Å². The molecule has 0 aliphatic heterocycles. The van der Waals surface area contributed by atoms with Crippen molar-refractivity contribution in [1.82, 2.24) is 5.32 Å². The molecule has 0 saturated heterocycles. The number of hydrogen-bond acceptors (Lipinski definition) is 2. The van der Waals surface area contributed by atoms with Crippen LogP contribution in [0.4, 0.5) is 0 Å². The molecule has 1 aromatic carbocycles. The number of benzene rings is 1. The molecule has 0 fully saturated rings. The van der Waals surface area contributed by atoms with E-state index in [4.69, 9.17) is 0 Å². The maximum absolute atomic E-state index is 3.47. The molecule has 102 valence electrons. The van der Waals surface area contributed by atoms with E-state index in [2.05, 4.69) is 64.2 Å². The van der Waals surface area contributed by atoms with E-state index in [1.54, 1.807) is 0 Å². The van der Waals surface area contributed by atoms with Crippen LogP contribution in [0, 0.1) is 5.92 Å². The molecule has 0 saturated carbocycles. The van der Waals surface area contributed by atoms with Crippen LogP contribution in [0.25, 0.3) is 0 Å². The molecular formula is C16H27NS. The van der Waals surface area contributed by atoms with Crippen molar-refractivity contribution < 1.29 is 0 Å². The molecule has 1 N–H and O–H groups in total. The van der Waals surface area contributed by atoms with E-state index >= 15 is 0 Å². The van der Waals surface area contributed by atoms with Gasteiger partial charge in [-0.1, -0.05) is 46.8 Å². The number of rotatable bonds is 6. The van der Waals surface area contributed by atoms with E-state index in [9.17, 15) is 0 Å². The summed E-state index contributed by atoms with van der Waals surface area (Å²) in [6.07, 6.45) is 0. The van der Waals surface area contributed by atoms with Gasteiger partial charge in [0.2, 0.25) is 0 Å². The Morgan fingerprint density at radius 2 is 1.72 bits per heavy atom. The first kappa shape index (κ1) is 15.6. The molecule has 0 radical (unpaired) electrons. The monoisotopic (exact) mass is 265 g/mol. The lowest BCUT2D eigenvalue weighted by Gasteiger charge is -2.19. The Morgan fingerprint density at radius 1 is 1.11 bits per heavy atom. The minimum atomic E-state index is 0.252. The van der Waals surface area contributed by atoms with Gasteiger partial charge in [0.25, 0.3) is 0 Å². The number of thioether (sulfide) groups is 1. The first-order chi connectivity index (χ1) is 8.39. The van der Waals surface area contributed by atoms with E-state index in [0.717, 1.165) is 24.8 Å². The van der Waals surface area contributed by atoms with Gasteiger partial charge in [0.15, 0.2) is 0 Å². The van der Waals surface area contributed by atoms with Crippen molar-refractivity contribution in [2.24, 2.45) is 5.92 Å². The molecule has 2 heteroatoms. The van der Waals surface area contributed by atoms with Crippen LogP contribution in [0.1, 0.15) is 40.2 Å². The standard InChI is InChI=1S/C16H27NS/c1-13(2)12-17-10-11-18-15-8-6-14(7-9-15)16(3,4)5/h6-9,13,17H,10-12H2,1-5H3. The number of hydrogen-bond donors (Lipinski definition) is 1. The Morgan fingerprint density at radius 3 is 2.22 bits per heavy atom. The minimum Gasteiger partial charge on any atom is -0.316 e.